The van der Waals surface area contributed by atoms with E-state index in [2.05, 4.69) is 16.0 Å². The van der Waals surface area contributed by atoms with E-state index in [-0.39, 0.29) is 24.5 Å². The van der Waals surface area contributed by atoms with E-state index in [4.69, 9.17) is 5.73 Å². The highest BCUT2D eigenvalue weighted by molar-refractivity contribution is 7.98. The first-order valence-corrected chi connectivity index (χ1v) is 12.7. The molecule has 35 heavy (non-hydrogen) atoms. The van der Waals surface area contributed by atoms with Crippen LogP contribution in [-0.4, -0.2) is 81.8 Å². The fraction of sp³-hybridized carbons (Fsp3) is 0.565. The highest BCUT2D eigenvalue weighted by Gasteiger charge is 2.31. The van der Waals surface area contributed by atoms with E-state index in [9.17, 15) is 34.5 Å². The Kier molecular flexibility index (Phi) is 13.1. The Bertz CT molecular complexity index is 853. The van der Waals surface area contributed by atoms with E-state index in [0.29, 0.717) is 17.7 Å². The normalized spacial score (nSPS) is 15.2. The first-order chi connectivity index (χ1) is 16.5. The number of aromatic hydroxyl groups is 1. The minimum atomic E-state index is -1.36. The first-order valence-electron chi connectivity index (χ1n) is 11.3. The summed E-state index contributed by atoms with van der Waals surface area (Å²) in [6.07, 6.45) is 2.71. The topological polar surface area (TPSA) is 191 Å². The van der Waals surface area contributed by atoms with Crippen LogP contribution >= 0.6 is 11.8 Å². The summed E-state index contributed by atoms with van der Waals surface area (Å²) in [6, 6.07) is 1.57. The fourth-order valence-electron chi connectivity index (χ4n) is 3.17. The molecule has 12 heteroatoms. The van der Waals surface area contributed by atoms with Crippen LogP contribution in [0.1, 0.15) is 32.3 Å². The number of carbonyl (C=O) groups excluding carboxylic acids is 3. The van der Waals surface area contributed by atoms with Crippen molar-refractivity contribution in [2.75, 3.05) is 18.6 Å². The lowest BCUT2D eigenvalue weighted by Crippen LogP contribution is -2.58. The van der Waals surface area contributed by atoms with E-state index < -0.39 is 54.5 Å². The summed E-state index contributed by atoms with van der Waals surface area (Å²) in [6.45, 7) is 2.78. The molecule has 1 aromatic rings. The molecule has 0 saturated heterocycles. The molecule has 8 N–H and O–H groups in total. The minimum Gasteiger partial charge on any atom is -0.508 e. The third-order valence-electron chi connectivity index (χ3n) is 5.56. The molecule has 0 radical (unpaired) electrons. The molecule has 5 unspecified atom stereocenters. The summed E-state index contributed by atoms with van der Waals surface area (Å²) in [4.78, 5) is 49.6. The van der Waals surface area contributed by atoms with Gasteiger partial charge in [-0.05, 0) is 48.5 Å². The number of amides is 3. The van der Waals surface area contributed by atoms with Gasteiger partial charge in [0.2, 0.25) is 17.7 Å². The molecule has 0 spiro atoms. The number of nitrogens with one attached hydrogen (secondary N) is 3. The molecule has 0 aliphatic carbocycles. The van der Waals surface area contributed by atoms with Crippen molar-refractivity contribution in [3.05, 3.63) is 29.8 Å². The number of hydrogen-bond donors (Lipinski definition) is 7. The SMILES string of the molecule is CCC(C)C(NC(=O)C(CCSC)NC(=O)C(CO)NC(=O)C(N)Cc1ccc(O)cc1)C(=O)O. The van der Waals surface area contributed by atoms with E-state index in [1.807, 2.05) is 6.26 Å². The zero-order valence-electron chi connectivity index (χ0n) is 20.2. The number of phenols is 1. The maximum Gasteiger partial charge on any atom is 0.326 e. The summed E-state index contributed by atoms with van der Waals surface area (Å²) >= 11 is 1.44. The van der Waals surface area contributed by atoms with Crippen LogP contribution in [0.25, 0.3) is 0 Å². The van der Waals surface area contributed by atoms with E-state index in [0.717, 1.165) is 0 Å². The Morgan fingerprint density at radius 2 is 1.57 bits per heavy atom. The average molecular weight is 513 g/mol. The van der Waals surface area contributed by atoms with Gasteiger partial charge in [0.1, 0.15) is 23.9 Å². The molecule has 11 nitrogen and oxygen atoms in total. The molecule has 3 amide bonds. The second kappa shape index (κ2) is 15.2. The van der Waals surface area contributed by atoms with Gasteiger partial charge in [0, 0.05) is 0 Å². The summed E-state index contributed by atoms with van der Waals surface area (Å²) in [5, 5.41) is 35.8. The zero-order chi connectivity index (χ0) is 26.5. The second-order valence-corrected chi connectivity index (χ2v) is 9.26. The van der Waals surface area contributed by atoms with Gasteiger partial charge >= 0.3 is 5.97 Å². The highest BCUT2D eigenvalue weighted by Crippen LogP contribution is 2.12. The Hall–Kier alpha value is -2.83. The van der Waals surface area contributed by atoms with Gasteiger partial charge in [0.15, 0.2) is 0 Å². The van der Waals surface area contributed by atoms with Crippen molar-refractivity contribution in [2.24, 2.45) is 11.7 Å². The second-order valence-electron chi connectivity index (χ2n) is 8.27. The predicted octanol–water partition coefficient (Wildman–Crippen LogP) is -0.407. The van der Waals surface area contributed by atoms with Gasteiger partial charge in [0.05, 0.1) is 12.6 Å². The third-order valence-corrected chi connectivity index (χ3v) is 6.21. The molecular formula is C23H36N4O7S. The predicted molar refractivity (Wildman–Crippen MR) is 133 cm³/mol. The Balaban J connectivity index is 2.83. The number of carboxylic acids is 1. The number of hydrogen-bond acceptors (Lipinski definition) is 8. The van der Waals surface area contributed by atoms with Gasteiger partial charge in [-0.3, -0.25) is 14.4 Å². The number of benzene rings is 1. The van der Waals surface area contributed by atoms with Crippen LogP contribution in [0.3, 0.4) is 0 Å². The number of carboxylic acid groups (broad SMARTS) is 1. The van der Waals surface area contributed by atoms with Crippen LogP contribution in [0, 0.1) is 5.92 Å². The molecule has 0 aliphatic heterocycles. The summed E-state index contributed by atoms with van der Waals surface area (Å²) in [7, 11) is 0. The summed E-state index contributed by atoms with van der Waals surface area (Å²) < 4.78 is 0. The Morgan fingerprint density at radius 3 is 2.09 bits per heavy atom. The molecule has 5 atom stereocenters. The summed E-state index contributed by atoms with van der Waals surface area (Å²) in [5.74, 6) is -3.06. The smallest absolute Gasteiger partial charge is 0.326 e. The summed E-state index contributed by atoms with van der Waals surface area (Å²) in [5.41, 5.74) is 6.61. The Morgan fingerprint density at radius 1 is 1.00 bits per heavy atom. The van der Waals surface area contributed by atoms with Gasteiger partial charge in [0.25, 0.3) is 0 Å². The van der Waals surface area contributed by atoms with Crippen LogP contribution in [0.2, 0.25) is 0 Å². The Labute approximate surface area is 209 Å². The lowest BCUT2D eigenvalue weighted by atomic mass is 9.98. The monoisotopic (exact) mass is 512 g/mol. The molecule has 0 aromatic heterocycles. The number of rotatable bonds is 15. The number of phenolic OH excluding ortho intramolecular Hbond substituents is 1. The number of aliphatic hydroxyl groups is 1. The van der Waals surface area contributed by atoms with Crippen molar-refractivity contribution in [3.8, 4) is 5.75 Å². The van der Waals surface area contributed by atoms with E-state index >= 15 is 0 Å². The maximum absolute atomic E-state index is 12.8. The molecular weight excluding hydrogens is 476 g/mol. The van der Waals surface area contributed by atoms with Gasteiger partial charge in [-0.1, -0.05) is 32.4 Å². The van der Waals surface area contributed by atoms with Crippen LogP contribution < -0.4 is 21.7 Å². The van der Waals surface area contributed by atoms with Crippen molar-refractivity contribution < 1.29 is 34.5 Å². The lowest BCUT2D eigenvalue weighted by Gasteiger charge is -2.26. The average Bonchev–Trinajstić information content (AvgIpc) is 2.83. The van der Waals surface area contributed by atoms with Crippen molar-refractivity contribution in [1.82, 2.24) is 16.0 Å². The quantitative estimate of drug-likeness (QED) is 0.164. The van der Waals surface area contributed by atoms with Gasteiger partial charge in [-0.2, -0.15) is 11.8 Å². The van der Waals surface area contributed by atoms with Crippen molar-refractivity contribution >= 4 is 35.5 Å². The van der Waals surface area contributed by atoms with Crippen LogP contribution in [0.4, 0.5) is 0 Å². The first kappa shape index (κ1) is 30.2. The van der Waals surface area contributed by atoms with E-state index in [1.165, 1.54) is 23.9 Å². The third kappa shape index (κ3) is 10.1. The van der Waals surface area contributed by atoms with Crippen molar-refractivity contribution in [2.45, 2.75) is 57.3 Å². The number of nitrogens with two attached hydrogens (primary N) is 1. The largest absolute Gasteiger partial charge is 0.508 e. The molecule has 0 aliphatic rings. The zero-order valence-corrected chi connectivity index (χ0v) is 21.0. The van der Waals surface area contributed by atoms with Gasteiger partial charge < -0.3 is 37.0 Å². The maximum atomic E-state index is 12.8. The molecule has 0 bridgehead atoms. The van der Waals surface area contributed by atoms with Crippen LogP contribution in [-0.2, 0) is 25.6 Å². The fourth-order valence-corrected chi connectivity index (χ4v) is 3.64. The van der Waals surface area contributed by atoms with Crippen LogP contribution in [0.15, 0.2) is 24.3 Å². The number of thioether (sulfide) groups is 1. The standard InChI is InChI=1S/C23H36N4O7S/c1-4-13(2)19(23(33)34)27-21(31)17(9-10-35-3)25-22(32)18(12-28)26-20(30)16(24)11-14-5-7-15(29)8-6-14/h5-8,13,16-19,28-29H,4,9-12,24H2,1-3H3,(H,25,32)(H,26,30)(H,27,31)(H,33,34). The molecule has 0 fully saturated rings. The number of aliphatic hydroxyl groups excluding tert-OH is 1. The van der Waals surface area contributed by atoms with Crippen molar-refractivity contribution in [3.63, 3.8) is 0 Å². The minimum absolute atomic E-state index is 0.0719. The number of carbonyl (C=O) groups is 4. The molecule has 0 saturated carbocycles. The lowest BCUT2D eigenvalue weighted by molar-refractivity contribution is -0.143. The van der Waals surface area contributed by atoms with Crippen LogP contribution in [0.5, 0.6) is 5.75 Å². The van der Waals surface area contributed by atoms with Crippen molar-refractivity contribution in [1.29, 1.82) is 0 Å². The van der Waals surface area contributed by atoms with Gasteiger partial charge in [-0.15, -0.1) is 0 Å². The molecule has 0 heterocycles. The number of aliphatic carboxylic acids is 1. The molecule has 1 rings (SSSR count). The molecule has 1 aromatic carbocycles. The van der Waals surface area contributed by atoms with E-state index in [1.54, 1.807) is 26.0 Å². The van der Waals surface area contributed by atoms with Gasteiger partial charge in [-0.25, -0.2) is 4.79 Å². The molecule has 196 valence electrons. The highest BCUT2D eigenvalue weighted by atomic mass is 32.2.